The number of fused-ring (bicyclic) bond motifs is 1. The minimum atomic E-state index is -3.64. The number of nitrogen functional groups attached to an aromatic ring is 1. The van der Waals surface area contributed by atoms with Crippen molar-refractivity contribution in [3.8, 4) is 0 Å². The predicted octanol–water partition coefficient (Wildman–Crippen LogP) is 0.243. The van der Waals surface area contributed by atoms with Gasteiger partial charge in [-0.2, -0.15) is 4.31 Å². The number of aromatic nitrogens is 2. The van der Waals surface area contributed by atoms with Crippen LogP contribution in [-0.4, -0.2) is 60.2 Å². The molecule has 2 aromatic heterocycles. The number of nitrogens with zero attached hydrogens (tertiary/aromatic N) is 4. The van der Waals surface area contributed by atoms with Crippen LogP contribution < -0.4 is 5.73 Å². The van der Waals surface area contributed by atoms with Crippen LogP contribution in [0.4, 0.5) is 5.82 Å². The molecule has 1 fully saturated rings. The maximum Gasteiger partial charge on any atom is 0.262 e. The van der Waals surface area contributed by atoms with Gasteiger partial charge in [-0.3, -0.25) is 4.40 Å². The summed E-state index contributed by atoms with van der Waals surface area (Å²) in [6.45, 7) is 2.59. The molecule has 7 nitrogen and oxygen atoms in total. The zero-order chi connectivity index (χ0) is 15.0. The predicted molar refractivity (Wildman–Crippen MR) is 80.5 cm³/mol. The first-order valence-electron chi connectivity index (χ1n) is 6.91. The molecular formula is C13H19N5O2S. The standard InChI is InChI=1S/C13H19N5O2S/c1-16-6-4-7-17(10-9-16)21(19,20)13-12(14)15-11-5-2-3-8-18(11)13/h2-3,5,8H,4,6-7,9-10,14H2,1H3. The van der Waals surface area contributed by atoms with Crippen molar-refractivity contribution in [1.29, 1.82) is 0 Å². The Labute approximate surface area is 124 Å². The molecule has 1 aliphatic heterocycles. The number of pyridine rings is 1. The Kier molecular flexibility index (Phi) is 3.60. The maximum absolute atomic E-state index is 12.9. The molecule has 3 rings (SSSR count). The zero-order valence-electron chi connectivity index (χ0n) is 11.9. The Morgan fingerprint density at radius 1 is 1.19 bits per heavy atom. The molecule has 21 heavy (non-hydrogen) atoms. The van der Waals surface area contributed by atoms with Gasteiger partial charge in [-0.15, -0.1) is 0 Å². The molecule has 114 valence electrons. The molecule has 3 heterocycles. The number of sulfonamides is 1. The lowest BCUT2D eigenvalue weighted by atomic mass is 10.4. The molecule has 0 amide bonds. The summed E-state index contributed by atoms with van der Waals surface area (Å²) in [6.07, 6.45) is 2.49. The molecule has 0 bridgehead atoms. The maximum atomic E-state index is 12.9. The van der Waals surface area contributed by atoms with Crippen LogP contribution in [0.3, 0.4) is 0 Å². The smallest absolute Gasteiger partial charge is 0.262 e. The van der Waals surface area contributed by atoms with Gasteiger partial charge >= 0.3 is 0 Å². The molecule has 2 aromatic rings. The number of likely N-dealkylation sites (N-methyl/N-ethyl adjacent to an activating group) is 1. The number of anilines is 1. The van der Waals surface area contributed by atoms with E-state index in [9.17, 15) is 8.42 Å². The molecule has 0 unspecified atom stereocenters. The van der Waals surface area contributed by atoms with Crippen molar-refractivity contribution in [2.45, 2.75) is 11.4 Å². The quantitative estimate of drug-likeness (QED) is 0.859. The minimum absolute atomic E-state index is 0.0544. The van der Waals surface area contributed by atoms with Gasteiger partial charge in [-0.05, 0) is 32.1 Å². The van der Waals surface area contributed by atoms with E-state index in [1.807, 2.05) is 7.05 Å². The Bertz CT molecular complexity index is 755. The lowest BCUT2D eigenvalue weighted by Gasteiger charge is -2.20. The third-order valence-corrected chi connectivity index (χ3v) is 5.71. The largest absolute Gasteiger partial charge is 0.381 e. The highest BCUT2D eigenvalue weighted by Crippen LogP contribution is 2.24. The molecular weight excluding hydrogens is 290 g/mol. The number of imidazole rings is 1. The summed E-state index contributed by atoms with van der Waals surface area (Å²) in [6, 6.07) is 5.31. The average Bonchev–Trinajstić information content (AvgIpc) is 2.62. The molecule has 0 atom stereocenters. The Balaban J connectivity index is 2.06. The van der Waals surface area contributed by atoms with E-state index in [2.05, 4.69) is 9.88 Å². The second-order valence-electron chi connectivity index (χ2n) is 5.29. The molecule has 1 aliphatic rings. The summed E-state index contributed by atoms with van der Waals surface area (Å²) >= 11 is 0. The van der Waals surface area contributed by atoms with E-state index < -0.39 is 10.0 Å². The highest BCUT2D eigenvalue weighted by molar-refractivity contribution is 7.89. The van der Waals surface area contributed by atoms with E-state index in [0.717, 1.165) is 19.5 Å². The van der Waals surface area contributed by atoms with Crippen LogP contribution in [0.25, 0.3) is 5.65 Å². The van der Waals surface area contributed by atoms with Crippen LogP contribution in [0.5, 0.6) is 0 Å². The third-order valence-electron chi connectivity index (χ3n) is 3.77. The fourth-order valence-electron chi connectivity index (χ4n) is 2.63. The average molecular weight is 309 g/mol. The van der Waals surface area contributed by atoms with Crippen LogP contribution in [0.2, 0.25) is 0 Å². The summed E-state index contributed by atoms with van der Waals surface area (Å²) in [5, 5.41) is 0.0719. The topological polar surface area (TPSA) is 83.9 Å². The third kappa shape index (κ3) is 2.50. The number of hydrogen-bond donors (Lipinski definition) is 1. The molecule has 1 saturated heterocycles. The van der Waals surface area contributed by atoms with Gasteiger partial charge in [0.15, 0.2) is 10.8 Å². The zero-order valence-corrected chi connectivity index (χ0v) is 12.8. The van der Waals surface area contributed by atoms with Crippen molar-refractivity contribution < 1.29 is 8.42 Å². The number of hydrogen-bond acceptors (Lipinski definition) is 5. The van der Waals surface area contributed by atoms with Gasteiger partial charge < -0.3 is 10.6 Å². The Morgan fingerprint density at radius 2 is 2.00 bits per heavy atom. The Hall–Kier alpha value is -1.64. The van der Waals surface area contributed by atoms with Crippen LogP contribution in [0, 0.1) is 0 Å². The number of rotatable bonds is 2. The van der Waals surface area contributed by atoms with E-state index in [-0.39, 0.29) is 10.8 Å². The van der Waals surface area contributed by atoms with E-state index in [1.54, 1.807) is 28.8 Å². The van der Waals surface area contributed by atoms with Gasteiger partial charge in [0.2, 0.25) is 0 Å². The summed E-state index contributed by atoms with van der Waals surface area (Å²) in [4.78, 5) is 6.27. The summed E-state index contributed by atoms with van der Waals surface area (Å²) in [5.74, 6) is 0.0544. The first-order valence-corrected chi connectivity index (χ1v) is 8.35. The molecule has 0 aromatic carbocycles. The van der Waals surface area contributed by atoms with E-state index in [0.29, 0.717) is 18.7 Å². The second-order valence-corrected chi connectivity index (χ2v) is 7.15. The fraction of sp³-hybridized carbons (Fsp3) is 0.462. The van der Waals surface area contributed by atoms with Gasteiger partial charge in [-0.25, -0.2) is 13.4 Å². The van der Waals surface area contributed by atoms with E-state index in [4.69, 9.17) is 5.73 Å². The summed E-state index contributed by atoms with van der Waals surface area (Å²) < 4.78 is 28.9. The highest BCUT2D eigenvalue weighted by atomic mass is 32.2. The fourth-order valence-corrected chi connectivity index (χ4v) is 4.28. The Morgan fingerprint density at radius 3 is 2.81 bits per heavy atom. The molecule has 0 saturated carbocycles. The van der Waals surface area contributed by atoms with Crippen LogP contribution in [-0.2, 0) is 10.0 Å². The van der Waals surface area contributed by atoms with Crippen molar-refractivity contribution >= 4 is 21.5 Å². The molecule has 2 N–H and O–H groups in total. The molecule has 8 heteroatoms. The van der Waals surface area contributed by atoms with Crippen molar-refractivity contribution in [1.82, 2.24) is 18.6 Å². The van der Waals surface area contributed by atoms with Gasteiger partial charge in [0.05, 0.1) is 0 Å². The van der Waals surface area contributed by atoms with Gasteiger partial charge in [0.25, 0.3) is 10.0 Å². The van der Waals surface area contributed by atoms with E-state index in [1.165, 1.54) is 4.31 Å². The molecule has 0 radical (unpaired) electrons. The summed E-state index contributed by atoms with van der Waals surface area (Å²) in [5.41, 5.74) is 6.41. The van der Waals surface area contributed by atoms with Crippen LogP contribution >= 0.6 is 0 Å². The highest BCUT2D eigenvalue weighted by Gasteiger charge is 2.31. The SMILES string of the molecule is CN1CCCN(S(=O)(=O)c2c(N)nc3ccccn23)CC1. The van der Waals surface area contributed by atoms with Gasteiger partial charge in [0, 0.05) is 25.8 Å². The normalized spacial score (nSPS) is 18.9. The second kappa shape index (κ2) is 5.28. The molecule has 0 spiro atoms. The molecule has 0 aliphatic carbocycles. The van der Waals surface area contributed by atoms with Crippen molar-refractivity contribution in [3.63, 3.8) is 0 Å². The first kappa shape index (κ1) is 14.3. The first-order chi connectivity index (χ1) is 10.00. The summed E-state index contributed by atoms with van der Waals surface area (Å²) in [7, 11) is -1.64. The van der Waals surface area contributed by atoms with Gasteiger partial charge in [-0.1, -0.05) is 6.07 Å². The van der Waals surface area contributed by atoms with Crippen LogP contribution in [0.15, 0.2) is 29.4 Å². The minimum Gasteiger partial charge on any atom is -0.381 e. The van der Waals surface area contributed by atoms with Crippen molar-refractivity contribution in [2.24, 2.45) is 0 Å². The van der Waals surface area contributed by atoms with Crippen molar-refractivity contribution in [3.05, 3.63) is 24.4 Å². The van der Waals surface area contributed by atoms with Gasteiger partial charge in [0.1, 0.15) is 5.65 Å². The van der Waals surface area contributed by atoms with Crippen LogP contribution in [0.1, 0.15) is 6.42 Å². The lowest BCUT2D eigenvalue weighted by molar-refractivity contribution is 0.347. The van der Waals surface area contributed by atoms with E-state index >= 15 is 0 Å². The van der Waals surface area contributed by atoms with Crippen molar-refractivity contribution in [2.75, 3.05) is 39.0 Å². The number of nitrogens with two attached hydrogens (primary N) is 1. The lowest BCUT2D eigenvalue weighted by Crippen LogP contribution is -2.35. The monoisotopic (exact) mass is 309 g/mol.